The zero-order valence-electron chi connectivity index (χ0n) is 16.1. The van der Waals surface area contributed by atoms with E-state index < -0.39 is 0 Å². The number of halogens is 1. The Hall–Kier alpha value is -2.45. The SMILES string of the molecule is Cc1[nH]n(-c2ccc(F)cc2)c(=O)c1CCC(=O)NCCN1CCC(O)CC1. The minimum Gasteiger partial charge on any atom is -0.393 e. The fourth-order valence-corrected chi connectivity index (χ4v) is 3.47. The normalized spacial score (nSPS) is 15.7. The van der Waals surface area contributed by atoms with Gasteiger partial charge >= 0.3 is 0 Å². The fraction of sp³-hybridized carbons (Fsp3) is 0.500. The first-order valence-corrected chi connectivity index (χ1v) is 9.67. The molecule has 28 heavy (non-hydrogen) atoms. The lowest BCUT2D eigenvalue weighted by molar-refractivity contribution is -0.121. The molecule has 3 N–H and O–H groups in total. The first kappa shape index (κ1) is 20.3. The van der Waals surface area contributed by atoms with Crippen molar-refractivity contribution >= 4 is 5.91 Å². The quantitative estimate of drug-likeness (QED) is 0.661. The molecule has 1 aliphatic rings. The number of amides is 1. The van der Waals surface area contributed by atoms with E-state index in [-0.39, 0.29) is 29.8 Å². The molecule has 0 atom stereocenters. The van der Waals surface area contributed by atoms with Crippen LogP contribution in [0.2, 0.25) is 0 Å². The van der Waals surface area contributed by atoms with Gasteiger partial charge in [0.25, 0.3) is 5.56 Å². The first-order chi connectivity index (χ1) is 13.4. The van der Waals surface area contributed by atoms with Crippen molar-refractivity contribution in [1.29, 1.82) is 0 Å². The molecule has 8 heteroatoms. The highest BCUT2D eigenvalue weighted by atomic mass is 19.1. The molecule has 0 bridgehead atoms. The molecule has 1 saturated heterocycles. The Morgan fingerprint density at radius 3 is 2.64 bits per heavy atom. The molecule has 0 aliphatic carbocycles. The monoisotopic (exact) mass is 390 g/mol. The van der Waals surface area contributed by atoms with Crippen molar-refractivity contribution < 1.29 is 14.3 Å². The number of aromatic amines is 1. The van der Waals surface area contributed by atoms with E-state index in [1.54, 1.807) is 6.92 Å². The Morgan fingerprint density at radius 2 is 1.96 bits per heavy atom. The third kappa shape index (κ3) is 5.08. The summed E-state index contributed by atoms with van der Waals surface area (Å²) in [5.41, 5.74) is 1.60. The van der Waals surface area contributed by atoms with Gasteiger partial charge in [-0.25, -0.2) is 9.07 Å². The second kappa shape index (κ2) is 9.16. The Labute approximate surface area is 163 Å². The molecular weight excluding hydrogens is 363 g/mol. The lowest BCUT2D eigenvalue weighted by atomic mass is 10.1. The van der Waals surface area contributed by atoms with Gasteiger partial charge in [0, 0.05) is 43.9 Å². The highest BCUT2D eigenvalue weighted by Crippen LogP contribution is 2.10. The van der Waals surface area contributed by atoms with Crippen LogP contribution in [0.25, 0.3) is 5.69 Å². The molecule has 7 nitrogen and oxygen atoms in total. The summed E-state index contributed by atoms with van der Waals surface area (Å²) in [4.78, 5) is 27.0. The summed E-state index contributed by atoms with van der Waals surface area (Å²) in [6.45, 7) is 4.81. The van der Waals surface area contributed by atoms with E-state index in [0.29, 0.717) is 29.9 Å². The molecule has 0 saturated carbocycles. The lowest BCUT2D eigenvalue weighted by Crippen LogP contribution is -2.40. The minimum atomic E-state index is -0.363. The molecule has 1 aromatic carbocycles. The van der Waals surface area contributed by atoms with Crippen LogP contribution in [0.1, 0.15) is 30.5 Å². The van der Waals surface area contributed by atoms with Crippen molar-refractivity contribution in [2.75, 3.05) is 26.2 Å². The number of aliphatic hydroxyl groups excluding tert-OH is 1. The van der Waals surface area contributed by atoms with E-state index in [9.17, 15) is 19.1 Å². The highest BCUT2D eigenvalue weighted by Gasteiger charge is 2.17. The Bertz CT molecular complexity index is 851. The molecule has 0 unspecified atom stereocenters. The van der Waals surface area contributed by atoms with Crippen LogP contribution in [0.5, 0.6) is 0 Å². The van der Waals surface area contributed by atoms with E-state index in [1.165, 1.54) is 28.9 Å². The van der Waals surface area contributed by atoms with Crippen LogP contribution in [0.3, 0.4) is 0 Å². The molecule has 2 heterocycles. The van der Waals surface area contributed by atoms with Crippen LogP contribution in [-0.4, -0.2) is 58.0 Å². The highest BCUT2D eigenvalue weighted by molar-refractivity contribution is 5.76. The minimum absolute atomic E-state index is 0.0922. The third-order valence-corrected chi connectivity index (χ3v) is 5.19. The summed E-state index contributed by atoms with van der Waals surface area (Å²) in [6.07, 6.45) is 1.93. The third-order valence-electron chi connectivity index (χ3n) is 5.19. The molecule has 1 aromatic heterocycles. The summed E-state index contributed by atoms with van der Waals surface area (Å²) in [6, 6.07) is 5.66. The number of hydrogen-bond acceptors (Lipinski definition) is 4. The van der Waals surface area contributed by atoms with E-state index in [4.69, 9.17) is 0 Å². The number of hydrogen-bond donors (Lipinski definition) is 3. The summed E-state index contributed by atoms with van der Waals surface area (Å²) in [7, 11) is 0. The van der Waals surface area contributed by atoms with Gasteiger partial charge in [0.1, 0.15) is 5.82 Å². The van der Waals surface area contributed by atoms with Gasteiger partial charge in [-0.2, -0.15) is 0 Å². The number of nitrogens with one attached hydrogen (secondary N) is 2. The Morgan fingerprint density at radius 1 is 1.29 bits per heavy atom. The van der Waals surface area contributed by atoms with Gasteiger partial charge in [0.05, 0.1) is 11.8 Å². The maximum atomic E-state index is 13.1. The molecule has 1 aliphatic heterocycles. The van der Waals surface area contributed by atoms with Gasteiger partial charge in [0.15, 0.2) is 0 Å². The van der Waals surface area contributed by atoms with E-state index in [2.05, 4.69) is 15.3 Å². The lowest BCUT2D eigenvalue weighted by Gasteiger charge is -2.29. The number of carbonyl (C=O) groups is 1. The molecule has 2 aromatic rings. The molecule has 0 spiro atoms. The predicted octanol–water partition coefficient (Wildman–Crippen LogP) is 1.12. The van der Waals surface area contributed by atoms with Gasteiger partial charge < -0.3 is 15.3 Å². The second-order valence-electron chi connectivity index (χ2n) is 7.26. The number of rotatable bonds is 7. The average Bonchev–Trinajstić information content (AvgIpc) is 2.96. The van der Waals surface area contributed by atoms with Crippen molar-refractivity contribution in [3.8, 4) is 5.69 Å². The van der Waals surface area contributed by atoms with Crippen molar-refractivity contribution in [3.63, 3.8) is 0 Å². The number of aryl methyl sites for hydroxylation is 1. The number of carbonyl (C=O) groups excluding carboxylic acids is 1. The number of nitrogens with zero attached hydrogens (tertiary/aromatic N) is 2. The number of H-pyrrole nitrogens is 1. The summed E-state index contributed by atoms with van der Waals surface area (Å²) in [5, 5.41) is 15.4. The molecule has 0 radical (unpaired) electrons. The first-order valence-electron chi connectivity index (χ1n) is 9.67. The Balaban J connectivity index is 1.49. The van der Waals surface area contributed by atoms with E-state index in [0.717, 1.165) is 32.5 Å². The Kier molecular flexibility index (Phi) is 6.64. The van der Waals surface area contributed by atoms with E-state index in [1.807, 2.05) is 0 Å². The molecule has 1 amide bonds. The summed E-state index contributed by atoms with van der Waals surface area (Å²) in [5.74, 6) is -0.455. The smallest absolute Gasteiger partial charge is 0.274 e. The zero-order valence-corrected chi connectivity index (χ0v) is 16.1. The summed E-state index contributed by atoms with van der Waals surface area (Å²) < 4.78 is 14.4. The predicted molar refractivity (Wildman–Crippen MR) is 104 cm³/mol. The van der Waals surface area contributed by atoms with Crippen LogP contribution in [0, 0.1) is 12.7 Å². The molecule has 152 valence electrons. The molecular formula is C20H27FN4O3. The largest absolute Gasteiger partial charge is 0.393 e. The van der Waals surface area contributed by atoms with Crippen LogP contribution < -0.4 is 10.9 Å². The zero-order chi connectivity index (χ0) is 20.1. The average molecular weight is 390 g/mol. The van der Waals surface area contributed by atoms with E-state index >= 15 is 0 Å². The van der Waals surface area contributed by atoms with Crippen LogP contribution in [0.15, 0.2) is 29.1 Å². The number of aromatic nitrogens is 2. The number of aliphatic hydroxyl groups is 1. The van der Waals surface area contributed by atoms with Gasteiger partial charge in [-0.1, -0.05) is 0 Å². The molecule has 1 fully saturated rings. The topological polar surface area (TPSA) is 90.4 Å². The van der Waals surface area contributed by atoms with Crippen molar-refractivity contribution in [2.45, 2.75) is 38.7 Å². The van der Waals surface area contributed by atoms with Gasteiger partial charge in [0.2, 0.25) is 5.91 Å². The van der Waals surface area contributed by atoms with Crippen molar-refractivity contribution in [3.05, 3.63) is 51.7 Å². The van der Waals surface area contributed by atoms with Crippen LogP contribution in [0.4, 0.5) is 4.39 Å². The van der Waals surface area contributed by atoms with Crippen LogP contribution in [-0.2, 0) is 11.2 Å². The van der Waals surface area contributed by atoms with Gasteiger partial charge in [-0.15, -0.1) is 0 Å². The van der Waals surface area contributed by atoms with Crippen molar-refractivity contribution in [2.24, 2.45) is 0 Å². The molecule has 3 rings (SSSR count). The van der Waals surface area contributed by atoms with Gasteiger partial charge in [-0.3, -0.25) is 14.7 Å². The standard InChI is InChI=1S/C20H27FN4O3/c1-14-18(20(28)25(23-14)16-4-2-15(21)3-5-16)6-7-19(27)22-10-13-24-11-8-17(26)9-12-24/h2-5,17,23,26H,6-13H2,1H3,(H,22,27). The number of piperidine rings is 1. The fourth-order valence-electron chi connectivity index (χ4n) is 3.47. The number of likely N-dealkylation sites (tertiary alicyclic amines) is 1. The van der Waals surface area contributed by atoms with Gasteiger partial charge in [-0.05, 0) is 50.5 Å². The van der Waals surface area contributed by atoms with Crippen molar-refractivity contribution in [1.82, 2.24) is 20.0 Å². The second-order valence-corrected chi connectivity index (χ2v) is 7.26. The number of benzene rings is 1. The maximum Gasteiger partial charge on any atom is 0.274 e. The maximum absolute atomic E-state index is 13.1. The summed E-state index contributed by atoms with van der Waals surface area (Å²) >= 11 is 0. The van der Waals surface area contributed by atoms with Crippen LogP contribution >= 0.6 is 0 Å².